The lowest BCUT2D eigenvalue weighted by atomic mass is 9.99. The molecule has 226 valence electrons. The lowest BCUT2D eigenvalue weighted by Crippen LogP contribution is -2.00. The molecule has 2 aromatic heterocycles. The van der Waals surface area contributed by atoms with Crippen molar-refractivity contribution in [1.29, 1.82) is 31.6 Å². The molecule has 0 aliphatic rings. The number of hydrogen-bond acceptors (Lipinski definition) is 6. The first-order valence-electron chi connectivity index (χ1n) is 15.4. The lowest BCUT2D eigenvalue weighted by molar-refractivity contribution is 1.16. The smallest absolute Gasteiger partial charge is 0.101 e. The van der Waals surface area contributed by atoms with Gasteiger partial charge >= 0.3 is 0 Å². The van der Waals surface area contributed by atoms with Gasteiger partial charge in [-0.05, 0) is 83.9 Å². The van der Waals surface area contributed by atoms with Crippen molar-refractivity contribution in [3.05, 3.63) is 143 Å². The summed E-state index contributed by atoms with van der Waals surface area (Å²) in [6.07, 6.45) is 0. The second-order valence-electron chi connectivity index (χ2n) is 11.7. The molecule has 0 unspecified atom stereocenters. The third-order valence-electron chi connectivity index (χ3n) is 9.10. The van der Waals surface area contributed by atoms with Gasteiger partial charge in [-0.25, -0.2) is 0 Å². The summed E-state index contributed by atoms with van der Waals surface area (Å²) in [5, 5.41) is 63.0. The molecule has 0 spiro atoms. The summed E-state index contributed by atoms with van der Waals surface area (Å²) >= 11 is 0. The fraction of sp³-hybridized carbons (Fsp3) is 0. The van der Waals surface area contributed by atoms with Crippen molar-refractivity contribution in [1.82, 2.24) is 9.13 Å². The first-order chi connectivity index (χ1) is 24.5. The Labute approximate surface area is 285 Å². The van der Waals surface area contributed by atoms with Crippen LogP contribution >= 0.6 is 0 Å². The number of hydrogen-bond donors (Lipinski definition) is 0. The molecule has 0 aliphatic carbocycles. The van der Waals surface area contributed by atoms with E-state index in [1.165, 1.54) is 0 Å². The molecule has 0 radical (unpaired) electrons. The van der Waals surface area contributed by atoms with Gasteiger partial charge in [0.25, 0.3) is 0 Å². The Hall–Kier alpha value is -8.14. The molecular weight excluding hydrogens is 617 g/mol. The fourth-order valence-corrected chi connectivity index (χ4v) is 6.82. The molecule has 50 heavy (non-hydrogen) atoms. The summed E-state index contributed by atoms with van der Waals surface area (Å²) in [5.41, 5.74) is 8.12. The highest BCUT2D eigenvalue weighted by atomic mass is 15.0. The molecule has 8 nitrogen and oxygen atoms in total. The van der Waals surface area contributed by atoms with E-state index in [0.29, 0.717) is 44.8 Å². The van der Waals surface area contributed by atoms with E-state index in [1.54, 1.807) is 60.7 Å². The van der Waals surface area contributed by atoms with Crippen molar-refractivity contribution in [2.45, 2.75) is 0 Å². The quantitative estimate of drug-likeness (QED) is 0.189. The van der Waals surface area contributed by atoms with Crippen LogP contribution in [0.2, 0.25) is 0 Å². The summed E-state index contributed by atoms with van der Waals surface area (Å²) < 4.78 is 3.83. The van der Waals surface area contributed by atoms with Gasteiger partial charge in [-0.2, -0.15) is 31.6 Å². The zero-order valence-electron chi connectivity index (χ0n) is 26.0. The highest BCUT2D eigenvalue weighted by molar-refractivity contribution is 6.11. The average Bonchev–Trinajstić information content (AvgIpc) is 3.67. The Morgan fingerprint density at radius 2 is 0.620 bits per heavy atom. The number of nitriles is 6. The monoisotopic (exact) mass is 634 g/mol. The summed E-state index contributed by atoms with van der Waals surface area (Å²) in [6, 6.07) is 46.0. The van der Waals surface area contributed by atoms with Crippen LogP contribution in [-0.2, 0) is 0 Å². The lowest BCUT2D eigenvalue weighted by Gasteiger charge is -2.15. The van der Waals surface area contributed by atoms with Crippen molar-refractivity contribution in [2.75, 3.05) is 0 Å². The van der Waals surface area contributed by atoms with Crippen LogP contribution in [0.25, 0.3) is 66.1 Å². The maximum absolute atomic E-state index is 10.3. The maximum Gasteiger partial charge on any atom is 0.101 e. The van der Waals surface area contributed by atoms with Gasteiger partial charge in [-0.1, -0.05) is 36.4 Å². The van der Waals surface area contributed by atoms with E-state index in [4.69, 9.17) is 0 Å². The minimum Gasteiger partial charge on any atom is -0.308 e. The van der Waals surface area contributed by atoms with Crippen LogP contribution in [0.5, 0.6) is 0 Å². The molecule has 8 heteroatoms. The summed E-state index contributed by atoms with van der Waals surface area (Å²) in [7, 11) is 0. The van der Waals surface area contributed by atoms with Gasteiger partial charge in [0.15, 0.2) is 0 Å². The van der Waals surface area contributed by atoms with Crippen molar-refractivity contribution >= 4 is 43.6 Å². The number of aromatic nitrogens is 2. The number of fused-ring (bicyclic) bond motifs is 6. The first-order valence-corrected chi connectivity index (χ1v) is 15.4. The third kappa shape index (κ3) is 4.33. The molecule has 0 saturated carbocycles. The van der Waals surface area contributed by atoms with Gasteiger partial charge in [-0.3, -0.25) is 0 Å². The summed E-state index contributed by atoms with van der Waals surface area (Å²) in [5.74, 6) is 0. The Morgan fingerprint density at radius 3 is 0.880 bits per heavy atom. The number of rotatable bonds is 3. The van der Waals surface area contributed by atoms with Gasteiger partial charge in [-0.15, -0.1) is 0 Å². The van der Waals surface area contributed by atoms with Gasteiger partial charge < -0.3 is 9.13 Å². The maximum atomic E-state index is 10.3. The van der Waals surface area contributed by atoms with Crippen LogP contribution in [-0.4, -0.2) is 9.13 Å². The van der Waals surface area contributed by atoms with Gasteiger partial charge in [0.1, 0.15) is 12.1 Å². The van der Waals surface area contributed by atoms with E-state index >= 15 is 0 Å². The Balaban J connectivity index is 1.41. The number of nitrogens with zero attached hydrogens (tertiary/aromatic N) is 8. The first kappa shape index (κ1) is 29.3. The topological polar surface area (TPSA) is 153 Å². The molecule has 0 saturated heterocycles. The van der Waals surface area contributed by atoms with Crippen LogP contribution in [0.4, 0.5) is 0 Å². The molecule has 6 aromatic carbocycles. The van der Waals surface area contributed by atoms with E-state index in [-0.39, 0.29) is 0 Å². The highest BCUT2D eigenvalue weighted by Crippen LogP contribution is 2.38. The molecule has 8 aromatic rings. The summed E-state index contributed by atoms with van der Waals surface area (Å²) in [6.45, 7) is 0. The van der Waals surface area contributed by atoms with Gasteiger partial charge in [0.05, 0.1) is 91.1 Å². The van der Waals surface area contributed by atoms with Gasteiger partial charge in [0, 0.05) is 21.5 Å². The minimum absolute atomic E-state index is 0.390. The van der Waals surface area contributed by atoms with Crippen LogP contribution < -0.4 is 0 Å². The molecule has 0 fully saturated rings. The van der Waals surface area contributed by atoms with E-state index in [9.17, 15) is 31.6 Å². The Kier molecular flexibility index (Phi) is 6.60. The standard InChI is InChI=1S/C42H18N8/c43-19-25-1-9-33-34-10-2-26(20-44)14-40(34)49(39(33)13-25)37-17-29(5-7-31(37)23-47)30-6-8-32(24-48)38(18-30)50-41-15-27(21-45)3-11-35(41)36-12-4-28(22-46)16-42(36)50/h1-18H. The van der Waals surface area contributed by atoms with E-state index in [2.05, 4.69) is 36.4 Å². The predicted octanol–water partition coefficient (Wildman–Crippen LogP) is 8.78. The zero-order valence-corrected chi connectivity index (χ0v) is 26.0. The molecule has 8 rings (SSSR count). The number of benzene rings is 6. The third-order valence-corrected chi connectivity index (χ3v) is 9.10. The van der Waals surface area contributed by atoms with Crippen LogP contribution in [0.15, 0.2) is 109 Å². The second kappa shape index (κ2) is 11.3. The van der Waals surface area contributed by atoms with Crippen LogP contribution in [0.3, 0.4) is 0 Å². The average molecular weight is 635 g/mol. The minimum atomic E-state index is 0.390. The summed E-state index contributed by atoms with van der Waals surface area (Å²) in [4.78, 5) is 0. The molecular formula is C42H18N8. The molecule has 0 aliphatic heterocycles. The van der Waals surface area contributed by atoms with Crippen molar-refractivity contribution in [3.63, 3.8) is 0 Å². The van der Waals surface area contributed by atoms with E-state index in [1.807, 2.05) is 57.7 Å². The normalized spacial score (nSPS) is 10.7. The Bertz CT molecular complexity index is 2710. The van der Waals surface area contributed by atoms with Crippen LogP contribution in [0, 0.1) is 68.0 Å². The molecule has 0 bridgehead atoms. The van der Waals surface area contributed by atoms with Crippen LogP contribution in [0.1, 0.15) is 33.4 Å². The second-order valence-corrected chi connectivity index (χ2v) is 11.7. The molecule has 0 N–H and O–H groups in total. The fourth-order valence-electron chi connectivity index (χ4n) is 6.82. The molecule has 0 amide bonds. The largest absolute Gasteiger partial charge is 0.308 e. The predicted molar refractivity (Wildman–Crippen MR) is 189 cm³/mol. The van der Waals surface area contributed by atoms with Gasteiger partial charge in [0.2, 0.25) is 0 Å². The molecule has 2 heterocycles. The van der Waals surface area contributed by atoms with Crippen molar-refractivity contribution in [3.8, 4) is 58.9 Å². The highest BCUT2D eigenvalue weighted by Gasteiger charge is 2.20. The Morgan fingerprint density at radius 1 is 0.320 bits per heavy atom. The SMILES string of the molecule is N#Cc1ccc2c3ccc(C#N)cc3n(-c3cc(-c4ccc(C#N)c(-n5c6cc(C#N)ccc6c6ccc(C#N)cc65)c4)ccc3C#N)c2c1. The van der Waals surface area contributed by atoms with E-state index < -0.39 is 0 Å². The zero-order chi connectivity index (χ0) is 34.5. The van der Waals surface area contributed by atoms with E-state index in [0.717, 1.165) is 54.7 Å². The van der Waals surface area contributed by atoms with Crippen molar-refractivity contribution < 1.29 is 0 Å². The molecule has 0 atom stereocenters. The van der Waals surface area contributed by atoms with Crippen molar-refractivity contribution in [2.24, 2.45) is 0 Å².